The van der Waals surface area contributed by atoms with Crippen LogP contribution in [0.5, 0.6) is 0 Å². The molecule has 0 saturated carbocycles. The minimum absolute atomic E-state index is 0.0939. The SMILES string of the molecule is CC(C)[C@H](NC(=O)OC(C)(C)C)[C@H](CC(=O)OCc1ccccc1)C[N+](=O)[O-]. The normalized spacial score (nSPS) is 13.5. The lowest BCUT2D eigenvalue weighted by atomic mass is 9.88. The molecule has 0 aliphatic carbocycles. The Labute approximate surface area is 165 Å². The Morgan fingerprint density at radius 3 is 2.29 bits per heavy atom. The lowest BCUT2D eigenvalue weighted by molar-refractivity contribution is -0.489. The summed E-state index contributed by atoms with van der Waals surface area (Å²) in [7, 11) is 0. The molecule has 0 spiro atoms. The summed E-state index contributed by atoms with van der Waals surface area (Å²) >= 11 is 0. The van der Waals surface area contributed by atoms with Crippen LogP contribution >= 0.6 is 0 Å². The standard InChI is InChI=1S/C20H30N2O6/c1-14(2)18(21-19(24)28-20(3,4)5)16(12-22(25)26)11-17(23)27-13-15-9-7-6-8-10-15/h6-10,14,16,18H,11-13H2,1-5H3,(H,21,24)/t16-,18+/m1/s1. The maximum Gasteiger partial charge on any atom is 0.407 e. The van der Waals surface area contributed by atoms with Gasteiger partial charge in [-0.05, 0) is 32.3 Å². The summed E-state index contributed by atoms with van der Waals surface area (Å²) in [6.45, 7) is 8.47. The molecule has 8 heteroatoms. The lowest BCUT2D eigenvalue weighted by Gasteiger charge is -2.29. The van der Waals surface area contributed by atoms with Gasteiger partial charge in [-0.15, -0.1) is 0 Å². The fourth-order valence-electron chi connectivity index (χ4n) is 2.78. The Hall–Kier alpha value is -2.64. The molecule has 1 aromatic carbocycles. The van der Waals surface area contributed by atoms with Gasteiger partial charge in [-0.25, -0.2) is 4.79 Å². The van der Waals surface area contributed by atoms with Crippen molar-refractivity contribution < 1.29 is 24.0 Å². The van der Waals surface area contributed by atoms with E-state index in [9.17, 15) is 19.7 Å². The zero-order valence-corrected chi connectivity index (χ0v) is 17.1. The van der Waals surface area contributed by atoms with E-state index >= 15 is 0 Å². The smallest absolute Gasteiger partial charge is 0.407 e. The van der Waals surface area contributed by atoms with Gasteiger partial charge in [0.1, 0.15) is 12.2 Å². The van der Waals surface area contributed by atoms with E-state index in [1.165, 1.54) is 0 Å². The molecule has 28 heavy (non-hydrogen) atoms. The van der Waals surface area contributed by atoms with Crippen LogP contribution in [0.15, 0.2) is 30.3 Å². The molecule has 0 unspecified atom stereocenters. The molecule has 2 atom stereocenters. The number of nitrogens with zero attached hydrogens (tertiary/aromatic N) is 1. The second-order valence-corrected chi connectivity index (χ2v) is 8.04. The third kappa shape index (κ3) is 9.34. The zero-order chi connectivity index (χ0) is 21.3. The fraction of sp³-hybridized carbons (Fsp3) is 0.600. The molecule has 0 radical (unpaired) electrons. The molecule has 0 heterocycles. The van der Waals surface area contributed by atoms with Crippen molar-refractivity contribution in [3.8, 4) is 0 Å². The van der Waals surface area contributed by atoms with Crippen LogP contribution < -0.4 is 5.32 Å². The van der Waals surface area contributed by atoms with Gasteiger partial charge in [0.2, 0.25) is 6.54 Å². The molecule has 0 aliphatic heterocycles. The van der Waals surface area contributed by atoms with E-state index in [-0.39, 0.29) is 18.9 Å². The molecule has 0 bridgehead atoms. The van der Waals surface area contributed by atoms with E-state index in [0.29, 0.717) is 0 Å². The van der Waals surface area contributed by atoms with Crippen molar-refractivity contribution in [3.63, 3.8) is 0 Å². The third-order valence-corrected chi connectivity index (χ3v) is 3.96. The topological polar surface area (TPSA) is 108 Å². The molecule has 0 aromatic heterocycles. The Balaban J connectivity index is 2.79. The number of benzene rings is 1. The van der Waals surface area contributed by atoms with Gasteiger partial charge in [-0.1, -0.05) is 44.2 Å². The molecular weight excluding hydrogens is 364 g/mol. The highest BCUT2D eigenvalue weighted by atomic mass is 16.6. The lowest BCUT2D eigenvalue weighted by Crippen LogP contribution is -2.48. The molecule has 0 saturated heterocycles. The first-order chi connectivity index (χ1) is 13.0. The van der Waals surface area contributed by atoms with Crippen molar-refractivity contribution in [2.24, 2.45) is 11.8 Å². The van der Waals surface area contributed by atoms with E-state index in [0.717, 1.165) is 5.56 Å². The minimum atomic E-state index is -0.717. The number of rotatable bonds is 9. The number of carbonyl (C=O) groups excluding carboxylic acids is 2. The van der Waals surface area contributed by atoms with Crippen LogP contribution in [-0.4, -0.2) is 35.2 Å². The van der Waals surface area contributed by atoms with Gasteiger partial charge in [-0.3, -0.25) is 14.9 Å². The maximum absolute atomic E-state index is 12.3. The number of ether oxygens (including phenoxy) is 2. The summed E-state index contributed by atoms with van der Waals surface area (Å²) < 4.78 is 10.5. The Morgan fingerprint density at radius 2 is 1.79 bits per heavy atom. The summed E-state index contributed by atoms with van der Waals surface area (Å²) in [6.07, 6.45) is -0.843. The number of hydrogen-bond donors (Lipinski definition) is 1. The second-order valence-electron chi connectivity index (χ2n) is 8.04. The van der Waals surface area contributed by atoms with Crippen molar-refractivity contribution in [1.82, 2.24) is 5.32 Å². The first-order valence-electron chi connectivity index (χ1n) is 9.29. The molecule has 1 rings (SSSR count). The summed E-state index contributed by atoms with van der Waals surface area (Å²) in [5.74, 6) is -1.41. The predicted octanol–water partition coefficient (Wildman–Crippen LogP) is 3.56. The average Bonchev–Trinajstić information content (AvgIpc) is 2.56. The molecule has 1 aromatic rings. The number of nitro groups is 1. The summed E-state index contributed by atoms with van der Waals surface area (Å²) in [4.78, 5) is 35.0. The number of alkyl carbamates (subject to hydrolysis) is 1. The van der Waals surface area contributed by atoms with Crippen molar-refractivity contribution in [2.75, 3.05) is 6.54 Å². The van der Waals surface area contributed by atoms with E-state index in [2.05, 4.69) is 5.32 Å². The first kappa shape index (κ1) is 23.4. The average molecular weight is 394 g/mol. The monoisotopic (exact) mass is 394 g/mol. The molecule has 1 N–H and O–H groups in total. The molecule has 0 aliphatic rings. The summed E-state index contributed by atoms with van der Waals surface area (Å²) in [5.41, 5.74) is 0.132. The van der Waals surface area contributed by atoms with Crippen LogP contribution in [-0.2, 0) is 20.9 Å². The quantitative estimate of drug-likeness (QED) is 0.390. The van der Waals surface area contributed by atoms with Crippen LogP contribution in [0.3, 0.4) is 0 Å². The predicted molar refractivity (Wildman–Crippen MR) is 104 cm³/mol. The van der Waals surface area contributed by atoms with Gasteiger partial charge in [0, 0.05) is 11.0 Å². The molecule has 8 nitrogen and oxygen atoms in total. The summed E-state index contributed by atoms with van der Waals surface area (Å²) in [6, 6.07) is 8.56. The highest BCUT2D eigenvalue weighted by Crippen LogP contribution is 2.20. The van der Waals surface area contributed by atoms with Gasteiger partial charge >= 0.3 is 12.1 Å². The number of hydrogen-bond acceptors (Lipinski definition) is 6. The van der Waals surface area contributed by atoms with E-state index in [1.54, 1.807) is 20.8 Å². The van der Waals surface area contributed by atoms with Crippen LogP contribution in [0.4, 0.5) is 4.79 Å². The van der Waals surface area contributed by atoms with Gasteiger partial charge in [0.05, 0.1) is 12.3 Å². The molecule has 0 fully saturated rings. The van der Waals surface area contributed by atoms with Crippen LogP contribution in [0.1, 0.15) is 46.6 Å². The first-order valence-corrected chi connectivity index (χ1v) is 9.29. The number of esters is 1. The number of nitrogens with one attached hydrogen (secondary N) is 1. The third-order valence-electron chi connectivity index (χ3n) is 3.96. The molecular formula is C20H30N2O6. The fourth-order valence-corrected chi connectivity index (χ4v) is 2.78. The van der Waals surface area contributed by atoms with Crippen LogP contribution in [0, 0.1) is 22.0 Å². The van der Waals surface area contributed by atoms with E-state index in [1.807, 2.05) is 44.2 Å². The van der Waals surface area contributed by atoms with E-state index < -0.39 is 41.1 Å². The van der Waals surface area contributed by atoms with Crippen LogP contribution in [0.25, 0.3) is 0 Å². The van der Waals surface area contributed by atoms with Gasteiger partial charge in [0.25, 0.3) is 0 Å². The van der Waals surface area contributed by atoms with Crippen molar-refractivity contribution >= 4 is 12.1 Å². The molecule has 156 valence electrons. The van der Waals surface area contributed by atoms with Crippen molar-refractivity contribution in [2.45, 2.75) is 59.3 Å². The Morgan fingerprint density at radius 1 is 1.18 bits per heavy atom. The van der Waals surface area contributed by atoms with Gasteiger partial charge in [-0.2, -0.15) is 0 Å². The van der Waals surface area contributed by atoms with Crippen molar-refractivity contribution in [1.29, 1.82) is 0 Å². The van der Waals surface area contributed by atoms with Crippen molar-refractivity contribution in [3.05, 3.63) is 46.0 Å². The minimum Gasteiger partial charge on any atom is -0.461 e. The maximum atomic E-state index is 12.3. The van der Waals surface area contributed by atoms with Gasteiger partial charge in [0.15, 0.2) is 0 Å². The van der Waals surface area contributed by atoms with Gasteiger partial charge < -0.3 is 14.8 Å². The Bertz CT molecular complexity index is 654. The number of amides is 1. The largest absolute Gasteiger partial charge is 0.461 e. The number of carbonyl (C=O) groups is 2. The van der Waals surface area contributed by atoms with E-state index in [4.69, 9.17) is 9.47 Å². The zero-order valence-electron chi connectivity index (χ0n) is 17.1. The highest BCUT2D eigenvalue weighted by Gasteiger charge is 2.33. The highest BCUT2D eigenvalue weighted by molar-refractivity contribution is 5.71. The Kier molecular flexibility index (Phi) is 8.88. The summed E-state index contributed by atoms with van der Waals surface area (Å²) in [5, 5.41) is 13.8. The molecule has 1 amide bonds. The van der Waals surface area contributed by atoms with Crippen LogP contribution in [0.2, 0.25) is 0 Å². The second kappa shape index (κ2) is 10.6.